The summed E-state index contributed by atoms with van der Waals surface area (Å²) >= 11 is 3.20. The molecule has 2 aromatic rings. The molecule has 20 heavy (non-hydrogen) atoms. The third kappa shape index (κ3) is 3.26. The first kappa shape index (κ1) is 15.2. The van der Waals surface area contributed by atoms with Gasteiger partial charge in [-0.05, 0) is 53.5 Å². The molecule has 108 valence electrons. The van der Waals surface area contributed by atoms with E-state index >= 15 is 0 Å². The number of benzene rings is 1. The number of hydrogen-bond acceptors (Lipinski definition) is 3. The number of nitrogens with two attached hydrogens (primary N) is 1. The predicted molar refractivity (Wildman–Crippen MR) is 80.5 cm³/mol. The zero-order valence-corrected chi connectivity index (χ0v) is 13.1. The molecule has 0 saturated carbocycles. The Labute approximate surface area is 126 Å². The van der Waals surface area contributed by atoms with Crippen LogP contribution < -0.4 is 11.3 Å². The average molecular weight is 341 g/mol. The van der Waals surface area contributed by atoms with Gasteiger partial charge in [-0.1, -0.05) is 6.07 Å². The van der Waals surface area contributed by atoms with Crippen molar-refractivity contribution in [3.8, 4) is 0 Å². The number of nitrogens with zero attached hydrogens (tertiary/aromatic N) is 2. The Bertz CT molecular complexity index is 597. The van der Waals surface area contributed by atoms with E-state index in [4.69, 9.17) is 5.84 Å². The Morgan fingerprint density at radius 3 is 2.80 bits per heavy atom. The van der Waals surface area contributed by atoms with Crippen LogP contribution in [0.2, 0.25) is 0 Å². The van der Waals surface area contributed by atoms with Crippen molar-refractivity contribution in [3.63, 3.8) is 0 Å². The topological polar surface area (TPSA) is 55.9 Å². The number of rotatable bonds is 5. The molecule has 0 bridgehead atoms. The number of halogens is 2. The minimum Gasteiger partial charge on any atom is -0.271 e. The molecule has 0 radical (unpaired) electrons. The molecule has 6 heteroatoms. The Morgan fingerprint density at radius 2 is 2.20 bits per heavy atom. The summed E-state index contributed by atoms with van der Waals surface area (Å²) in [4.78, 5) is 0. The molecule has 0 aliphatic heterocycles. The highest BCUT2D eigenvalue weighted by atomic mass is 79.9. The van der Waals surface area contributed by atoms with Crippen LogP contribution in [0.25, 0.3) is 0 Å². The molecule has 0 aliphatic rings. The Hall–Kier alpha value is -1.24. The van der Waals surface area contributed by atoms with E-state index in [2.05, 4.69) is 33.4 Å². The lowest BCUT2D eigenvalue weighted by Gasteiger charge is -2.17. The van der Waals surface area contributed by atoms with Crippen LogP contribution >= 0.6 is 15.9 Å². The van der Waals surface area contributed by atoms with Gasteiger partial charge in [-0.2, -0.15) is 5.10 Å². The van der Waals surface area contributed by atoms with Crippen molar-refractivity contribution >= 4 is 15.9 Å². The highest BCUT2D eigenvalue weighted by molar-refractivity contribution is 9.10. The maximum atomic E-state index is 13.3. The predicted octanol–water partition coefficient (Wildman–Crippen LogP) is 2.86. The van der Waals surface area contributed by atoms with Crippen LogP contribution in [0.4, 0.5) is 4.39 Å². The van der Waals surface area contributed by atoms with Gasteiger partial charge in [-0.15, -0.1) is 0 Å². The number of aromatic nitrogens is 2. The fourth-order valence-corrected chi connectivity index (χ4v) is 2.64. The normalized spacial score (nSPS) is 12.7. The summed E-state index contributed by atoms with van der Waals surface area (Å²) < 4.78 is 15.7. The standard InChI is InChI=1S/C14H18BrFN4/c1-3-20-11(6-9(2)19-20)8-14(18-17)10-4-5-13(16)12(15)7-10/h4-7,14,18H,3,8,17H2,1-2H3. The second kappa shape index (κ2) is 6.47. The largest absolute Gasteiger partial charge is 0.271 e. The third-order valence-corrected chi connectivity index (χ3v) is 3.85. The lowest BCUT2D eigenvalue weighted by Crippen LogP contribution is -2.30. The van der Waals surface area contributed by atoms with Crippen LogP contribution in [0.15, 0.2) is 28.7 Å². The monoisotopic (exact) mass is 340 g/mol. The molecule has 0 fully saturated rings. The van der Waals surface area contributed by atoms with Gasteiger partial charge in [0.1, 0.15) is 5.82 Å². The van der Waals surface area contributed by atoms with E-state index in [1.165, 1.54) is 6.07 Å². The third-order valence-electron chi connectivity index (χ3n) is 3.25. The summed E-state index contributed by atoms with van der Waals surface area (Å²) in [5.41, 5.74) is 5.81. The zero-order valence-electron chi connectivity index (χ0n) is 11.5. The number of aryl methyl sites for hydroxylation is 2. The SMILES string of the molecule is CCn1nc(C)cc1CC(NN)c1ccc(F)c(Br)c1. The summed E-state index contributed by atoms with van der Waals surface area (Å²) in [5.74, 6) is 5.37. The number of hydrazine groups is 1. The first-order chi connectivity index (χ1) is 9.55. The number of hydrogen-bond donors (Lipinski definition) is 2. The smallest absolute Gasteiger partial charge is 0.137 e. The first-order valence-corrected chi connectivity index (χ1v) is 7.28. The van der Waals surface area contributed by atoms with Gasteiger partial charge in [-0.25, -0.2) is 4.39 Å². The van der Waals surface area contributed by atoms with Crippen molar-refractivity contribution < 1.29 is 4.39 Å². The maximum absolute atomic E-state index is 13.3. The van der Waals surface area contributed by atoms with E-state index in [0.29, 0.717) is 10.9 Å². The van der Waals surface area contributed by atoms with Crippen molar-refractivity contribution in [1.29, 1.82) is 0 Å². The molecule has 1 heterocycles. The summed E-state index contributed by atoms with van der Waals surface area (Å²) in [6, 6.07) is 6.88. The van der Waals surface area contributed by atoms with Crippen LogP contribution in [-0.4, -0.2) is 9.78 Å². The van der Waals surface area contributed by atoms with Gasteiger partial charge in [-0.3, -0.25) is 16.0 Å². The maximum Gasteiger partial charge on any atom is 0.137 e. The van der Waals surface area contributed by atoms with Crippen molar-refractivity contribution in [2.45, 2.75) is 32.9 Å². The molecule has 1 aromatic heterocycles. The second-order valence-electron chi connectivity index (χ2n) is 4.69. The summed E-state index contributed by atoms with van der Waals surface area (Å²) in [7, 11) is 0. The minimum atomic E-state index is -0.279. The van der Waals surface area contributed by atoms with E-state index < -0.39 is 0 Å². The molecule has 0 spiro atoms. The minimum absolute atomic E-state index is 0.0895. The van der Waals surface area contributed by atoms with Crippen molar-refractivity contribution in [1.82, 2.24) is 15.2 Å². The quantitative estimate of drug-likeness (QED) is 0.650. The van der Waals surface area contributed by atoms with Crippen LogP contribution in [-0.2, 0) is 13.0 Å². The van der Waals surface area contributed by atoms with Gasteiger partial charge in [0.05, 0.1) is 16.2 Å². The van der Waals surface area contributed by atoms with E-state index in [1.54, 1.807) is 12.1 Å². The molecule has 1 unspecified atom stereocenters. The summed E-state index contributed by atoms with van der Waals surface area (Å²) in [6.07, 6.45) is 0.698. The first-order valence-electron chi connectivity index (χ1n) is 6.49. The van der Waals surface area contributed by atoms with E-state index in [-0.39, 0.29) is 11.9 Å². The summed E-state index contributed by atoms with van der Waals surface area (Å²) in [5, 5.41) is 4.42. The fraction of sp³-hybridized carbons (Fsp3) is 0.357. The molecular weight excluding hydrogens is 323 g/mol. The van der Waals surface area contributed by atoms with Gasteiger partial charge in [0.2, 0.25) is 0 Å². The van der Waals surface area contributed by atoms with Gasteiger partial charge in [0.25, 0.3) is 0 Å². The molecular formula is C14H18BrFN4. The van der Waals surface area contributed by atoms with Gasteiger partial charge in [0.15, 0.2) is 0 Å². The van der Waals surface area contributed by atoms with E-state index in [0.717, 1.165) is 23.5 Å². The number of nitrogens with one attached hydrogen (secondary N) is 1. The van der Waals surface area contributed by atoms with Gasteiger partial charge in [0, 0.05) is 18.7 Å². The Kier molecular flexibility index (Phi) is 4.91. The van der Waals surface area contributed by atoms with Crippen LogP contribution in [0.5, 0.6) is 0 Å². The molecule has 2 rings (SSSR count). The lowest BCUT2D eigenvalue weighted by atomic mass is 10.0. The van der Waals surface area contributed by atoms with Gasteiger partial charge >= 0.3 is 0 Å². The van der Waals surface area contributed by atoms with Gasteiger partial charge < -0.3 is 0 Å². The van der Waals surface area contributed by atoms with Crippen LogP contribution in [0.3, 0.4) is 0 Å². The molecule has 3 N–H and O–H groups in total. The Balaban J connectivity index is 2.26. The molecule has 0 aliphatic carbocycles. The fourth-order valence-electron chi connectivity index (χ4n) is 2.25. The van der Waals surface area contributed by atoms with E-state index in [1.807, 2.05) is 17.7 Å². The molecule has 1 aromatic carbocycles. The lowest BCUT2D eigenvalue weighted by molar-refractivity contribution is 0.515. The average Bonchev–Trinajstić information content (AvgIpc) is 2.79. The van der Waals surface area contributed by atoms with Crippen molar-refractivity contribution in [3.05, 3.63) is 51.5 Å². The van der Waals surface area contributed by atoms with Crippen molar-refractivity contribution in [2.75, 3.05) is 0 Å². The summed E-state index contributed by atoms with van der Waals surface area (Å²) in [6.45, 7) is 4.83. The second-order valence-corrected chi connectivity index (χ2v) is 5.54. The molecule has 0 saturated heterocycles. The molecule has 1 atom stereocenters. The highest BCUT2D eigenvalue weighted by Gasteiger charge is 2.15. The van der Waals surface area contributed by atoms with E-state index in [9.17, 15) is 4.39 Å². The molecule has 4 nitrogen and oxygen atoms in total. The molecule has 0 amide bonds. The van der Waals surface area contributed by atoms with Crippen LogP contribution in [0.1, 0.15) is 29.9 Å². The highest BCUT2D eigenvalue weighted by Crippen LogP contribution is 2.23. The Morgan fingerprint density at radius 1 is 1.45 bits per heavy atom. The zero-order chi connectivity index (χ0) is 14.7. The van der Waals surface area contributed by atoms with Crippen LogP contribution in [0, 0.1) is 12.7 Å². The van der Waals surface area contributed by atoms with Crippen molar-refractivity contribution in [2.24, 2.45) is 5.84 Å².